The molecule has 4 nitrogen and oxygen atoms in total. The summed E-state index contributed by atoms with van der Waals surface area (Å²) in [6.07, 6.45) is 6.52. The van der Waals surface area contributed by atoms with E-state index in [1.807, 2.05) is 12.1 Å². The Labute approximate surface area is 210 Å². The second-order valence-corrected chi connectivity index (χ2v) is 10.3. The molecular weight excluding hydrogens is 535 g/mol. The first-order valence-corrected chi connectivity index (χ1v) is 12.9. The summed E-state index contributed by atoms with van der Waals surface area (Å²) >= 11 is 8.68. The zero-order valence-corrected chi connectivity index (χ0v) is 21.6. The zero-order valence-electron chi connectivity index (χ0n) is 18.7. The van der Waals surface area contributed by atoms with Crippen LogP contribution in [0.3, 0.4) is 0 Å². The van der Waals surface area contributed by atoms with Crippen LogP contribution >= 0.6 is 34.2 Å². The molecule has 2 aromatic rings. The fourth-order valence-corrected chi connectivity index (χ4v) is 5.40. The normalized spacial score (nSPS) is 20.2. The number of fused-ring (bicyclic) bond motifs is 2. The standard InChI is InChI=1S/C26H32ClIN2O2/c1-3-23(18-31-2)30-13-11-24(30)16-29-12-5-4-6-19-14-21(27)8-7-20(19)17-32-26-10-9-22(28)15-25(26)29/h3,7-10,14-15,23-24H,1,4-6,11-13,16-18H2,2H3/t23-,24+/m1/s1. The molecule has 0 spiro atoms. The highest BCUT2D eigenvalue weighted by molar-refractivity contribution is 14.1. The van der Waals surface area contributed by atoms with Crippen LogP contribution in [0.5, 0.6) is 5.75 Å². The lowest BCUT2D eigenvalue weighted by Gasteiger charge is -2.47. The molecule has 4 rings (SSSR count). The molecule has 0 unspecified atom stereocenters. The van der Waals surface area contributed by atoms with Crippen molar-refractivity contribution in [3.8, 4) is 5.75 Å². The van der Waals surface area contributed by atoms with E-state index in [0.29, 0.717) is 19.3 Å². The van der Waals surface area contributed by atoms with Gasteiger partial charge in [-0.2, -0.15) is 0 Å². The Morgan fingerprint density at radius 1 is 1.22 bits per heavy atom. The Hall–Kier alpha value is -1.28. The minimum Gasteiger partial charge on any atom is -0.487 e. The van der Waals surface area contributed by atoms with Gasteiger partial charge < -0.3 is 14.4 Å². The quantitative estimate of drug-likeness (QED) is 0.319. The van der Waals surface area contributed by atoms with Crippen LogP contribution in [0.4, 0.5) is 5.69 Å². The van der Waals surface area contributed by atoms with E-state index in [2.05, 4.69) is 69.3 Å². The highest BCUT2D eigenvalue weighted by atomic mass is 127. The number of halogens is 2. The summed E-state index contributed by atoms with van der Waals surface area (Å²) in [5.41, 5.74) is 3.73. The number of aryl methyl sites for hydroxylation is 1. The number of likely N-dealkylation sites (tertiary alicyclic amines) is 1. The molecule has 0 aliphatic carbocycles. The molecule has 2 aromatic carbocycles. The van der Waals surface area contributed by atoms with Gasteiger partial charge in [-0.25, -0.2) is 0 Å². The van der Waals surface area contributed by atoms with Gasteiger partial charge in [-0.05, 0) is 89.7 Å². The Bertz CT molecular complexity index is 938. The summed E-state index contributed by atoms with van der Waals surface area (Å²) in [4.78, 5) is 5.05. The maximum absolute atomic E-state index is 6.40. The van der Waals surface area contributed by atoms with Crippen LogP contribution in [0.25, 0.3) is 0 Å². The monoisotopic (exact) mass is 566 g/mol. The lowest BCUT2D eigenvalue weighted by Crippen LogP contribution is -2.58. The Balaban J connectivity index is 1.57. The van der Waals surface area contributed by atoms with Gasteiger partial charge in [0, 0.05) is 41.4 Å². The van der Waals surface area contributed by atoms with Crippen molar-refractivity contribution in [1.29, 1.82) is 0 Å². The van der Waals surface area contributed by atoms with Crippen LogP contribution in [0, 0.1) is 3.57 Å². The smallest absolute Gasteiger partial charge is 0.143 e. The highest BCUT2D eigenvalue weighted by Gasteiger charge is 2.34. The van der Waals surface area contributed by atoms with Crippen molar-refractivity contribution in [2.45, 2.75) is 44.4 Å². The zero-order chi connectivity index (χ0) is 22.5. The number of rotatable bonds is 6. The van der Waals surface area contributed by atoms with Gasteiger partial charge in [0.25, 0.3) is 0 Å². The van der Waals surface area contributed by atoms with Crippen molar-refractivity contribution in [2.75, 3.05) is 38.3 Å². The minimum atomic E-state index is 0.272. The number of anilines is 1. The molecule has 0 radical (unpaired) electrons. The fraction of sp³-hybridized carbons (Fsp3) is 0.462. The number of methoxy groups -OCH3 is 1. The van der Waals surface area contributed by atoms with Crippen LogP contribution in [0.2, 0.25) is 5.02 Å². The molecular formula is C26H32ClIN2O2. The molecule has 172 valence electrons. The molecule has 1 saturated heterocycles. The second kappa shape index (κ2) is 11.2. The molecule has 32 heavy (non-hydrogen) atoms. The summed E-state index contributed by atoms with van der Waals surface area (Å²) in [5, 5.41) is 0.799. The predicted molar refractivity (Wildman–Crippen MR) is 141 cm³/mol. The van der Waals surface area contributed by atoms with E-state index in [0.717, 1.165) is 49.7 Å². The molecule has 2 aliphatic rings. The van der Waals surface area contributed by atoms with Crippen molar-refractivity contribution in [3.63, 3.8) is 0 Å². The molecule has 1 fully saturated rings. The summed E-state index contributed by atoms with van der Waals surface area (Å²) < 4.78 is 13.1. The second-order valence-electron chi connectivity index (χ2n) is 8.66. The van der Waals surface area contributed by atoms with Gasteiger partial charge in [0.1, 0.15) is 12.4 Å². The molecule has 0 bridgehead atoms. The van der Waals surface area contributed by atoms with Crippen molar-refractivity contribution < 1.29 is 9.47 Å². The van der Waals surface area contributed by atoms with Crippen LogP contribution in [0.15, 0.2) is 49.1 Å². The molecule has 0 amide bonds. The molecule has 2 aliphatic heterocycles. The number of hydrogen-bond donors (Lipinski definition) is 0. The molecule has 2 heterocycles. The van der Waals surface area contributed by atoms with Gasteiger partial charge >= 0.3 is 0 Å². The van der Waals surface area contributed by atoms with Crippen LogP contribution in [0.1, 0.15) is 30.4 Å². The lowest BCUT2D eigenvalue weighted by atomic mass is 9.98. The Morgan fingerprint density at radius 3 is 2.84 bits per heavy atom. The van der Waals surface area contributed by atoms with E-state index in [1.54, 1.807) is 7.11 Å². The highest BCUT2D eigenvalue weighted by Crippen LogP contribution is 2.34. The largest absolute Gasteiger partial charge is 0.487 e. The van der Waals surface area contributed by atoms with Crippen molar-refractivity contribution in [1.82, 2.24) is 4.90 Å². The topological polar surface area (TPSA) is 24.9 Å². The molecule has 0 aromatic heterocycles. The van der Waals surface area contributed by atoms with Crippen molar-refractivity contribution in [2.24, 2.45) is 0 Å². The number of ether oxygens (including phenoxy) is 2. The predicted octanol–water partition coefficient (Wildman–Crippen LogP) is 5.94. The number of benzene rings is 2. The summed E-state index contributed by atoms with van der Waals surface area (Å²) in [6, 6.07) is 13.5. The van der Waals surface area contributed by atoms with Crippen molar-refractivity contribution >= 4 is 39.9 Å². The van der Waals surface area contributed by atoms with Crippen LogP contribution in [-0.4, -0.2) is 50.3 Å². The van der Waals surface area contributed by atoms with E-state index in [4.69, 9.17) is 21.1 Å². The van der Waals surface area contributed by atoms with E-state index in [1.165, 1.54) is 26.8 Å². The van der Waals surface area contributed by atoms with Crippen LogP contribution in [-0.2, 0) is 17.8 Å². The van der Waals surface area contributed by atoms with E-state index in [-0.39, 0.29) is 6.04 Å². The third-order valence-corrected chi connectivity index (χ3v) is 7.50. The van der Waals surface area contributed by atoms with Gasteiger partial charge in [0.15, 0.2) is 0 Å². The lowest BCUT2D eigenvalue weighted by molar-refractivity contribution is 0.0259. The third-order valence-electron chi connectivity index (χ3n) is 6.59. The average molecular weight is 567 g/mol. The Morgan fingerprint density at radius 2 is 2.09 bits per heavy atom. The average Bonchev–Trinajstić information content (AvgIpc) is 2.80. The van der Waals surface area contributed by atoms with Gasteiger partial charge in [-0.15, -0.1) is 6.58 Å². The maximum atomic E-state index is 6.40. The van der Waals surface area contributed by atoms with Gasteiger partial charge in [0.05, 0.1) is 18.3 Å². The Kier molecular flexibility index (Phi) is 8.38. The first-order chi connectivity index (χ1) is 15.6. The van der Waals surface area contributed by atoms with Crippen molar-refractivity contribution in [3.05, 3.63) is 68.8 Å². The summed E-state index contributed by atoms with van der Waals surface area (Å²) in [7, 11) is 1.76. The molecule has 0 N–H and O–H groups in total. The van der Waals surface area contributed by atoms with Gasteiger partial charge in [-0.3, -0.25) is 4.90 Å². The number of nitrogens with zero attached hydrogens (tertiary/aromatic N) is 2. The van der Waals surface area contributed by atoms with Crippen LogP contribution < -0.4 is 9.64 Å². The summed E-state index contributed by atoms with van der Waals surface area (Å²) in [6.45, 7) is 8.39. The van der Waals surface area contributed by atoms with Gasteiger partial charge in [-0.1, -0.05) is 23.7 Å². The summed E-state index contributed by atoms with van der Waals surface area (Å²) in [5.74, 6) is 0.955. The van der Waals surface area contributed by atoms with Gasteiger partial charge in [0.2, 0.25) is 0 Å². The first kappa shape index (κ1) is 23.9. The fourth-order valence-electron chi connectivity index (χ4n) is 4.73. The molecule has 2 atom stereocenters. The SMILES string of the molecule is C=C[C@H](COC)N1CC[C@H]1CN1CCCCc2cc(Cl)ccc2COc2ccc(I)cc21. The molecule has 6 heteroatoms. The van der Waals surface area contributed by atoms with E-state index in [9.17, 15) is 0 Å². The first-order valence-electron chi connectivity index (χ1n) is 11.4. The molecule has 0 saturated carbocycles. The van der Waals surface area contributed by atoms with E-state index < -0.39 is 0 Å². The van der Waals surface area contributed by atoms with E-state index >= 15 is 0 Å². The third kappa shape index (κ3) is 5.61. The maximum Gasteiger partial charge on any atom is 0.143 e. The minimum absolute atomic E-state index is 0.272. The number of hydrogen-bond acceptors (Lipinski definition) is 4.